The molecular formula is C6H13N. The van der Waals surface area contributed by atoms with E-state index in [0.717, 1.165) is 18.8 Å². The number of rotatable bonds is 3. The van der Waals surface area contributed by atoms with Crippen molar-refractivity contribution >= 4 is 0 Å². The van der Waals surface area contributed by atoms with Crippen LogP contribution in [0, 0.1) is 5.92 Å². The Morgan fingerprint density at radius 1 is 1.43 bits per heavy atom. The van der Waals surface area contributed by atoms with Crippen molar-refractivity contribution in [2.75, 3.05) is 6.54 Å². The van der Waals surface area contributed by atoms with Crippen LogP contribution in [0.1, 0.15) is 26.7 Å². The van der Waals surface area contributed by atoms with Gasteiger partial charge in [-0.05, 0) is 18.8 Å². The highest BCUT2D eigenvalue weighted by Crippen LogP contribution is 2.00. The molecule has 1 heteroatoms. The lowest BCUT2D eigenvalue weighted by molar-refractivity contribution is 0.558. The van der Waals surface area contributed by atoms with Crippen molar-refractivity contribution in [3.8, 4) is 0 Å². The summed E-state index contributed by atoms with van der Waals surface area (Å²) < 4.78 is 0. The van der Waals surface area contributed by atoms with Crippen molar-refractivity contribution in [2.45, 2.75) is 26.7 Å². The molecule has 0 aromatic rings. The molecule has 0 aromatic carbocycles. The third kappa shape index (κ3) is 5.96. The Kier molecular flexibility index (Phi) is 4.10. The molecular weight excluding hydrogens is 86.1 g/mol. The molecule has 0 unspecified atom stereocenters. The van der Waals surface area contributed by atoms with Crippen LogP contribution in [0.5, 0.6) is 0 Å². The Balaban J connectivity index is 2.68. The van der Waals surface area contributed by atoms with E-state index in [1.54, 1.807) is 0 Å². The van der Waals surface area contributed by atoms with Gasteiger partial charge >= 0.3 is 0 Å². The first-order valence-electron chi connectivity index (χ1n) is 2.88. The molecule has 0 aromatic heterocycles. The Labute approximate surface area is 45.9 Å². The summed E-state index contributed by atoms with van der Waals surface area (Å²) in [7, 11) is 0. The van der Waals surface area contributed by atoms with Crippen molar-refractivity contribution in [3.05, 3.63) is 0 Å². The van der Waals surface area contributed by atoms with Gasteiger partial charge in [-0.15, -0.1) is 5.73 Å². The van der Waals surface area contributed by atoms with Gasteiger partial charge in [0.1, 0.15) is 0 Å². The van der Waals surface area contributed by atoms with Gasteiger partial charge in [0, 0.05) is 6.54 Å². The van der Waals surface area contributed by atoms with Gasteiger partial charge < -0.3 is 0 Å². The average molecular weight is 99.2 g/mol. The number of hydrogen-bond acceptors (Lipinski definition) is 0. The van der Waals surface area contributed by atoms with Crippen LogP contribution in [-0.4, -0.2) is 6.54 Å². The molecule has 0 bridgehead atoms. The van der Waals surface area contributed by atoms with E-state index in [2.05, 4.69) is 13.8 Å². The predicted molar refractivity (Wildman–Crippen MR) is 31.1 cm³/mol. The molecule has 0 amide bonds. The van der Waals surface area contributed by atoms with Crippen LogP contribution in [0.2, 0.25) is 0 Å². The van der Waals surface area contributed by atoms with Gasteiger partial charge in [-0.3, -0.25) is 0 Å². The molecule has 7 heavy (non-hydrogen) atoms. The lowest BCUT2D eigenvalue weighted by atomic mass is 10.1. The minimum Gasteiger partial charge on any atom is -0.145 e. The minimum atomic E-state index is 0.345. The first-order valence-corrected chi connectivity index (χ1v) is 2.88. The first-order chi connectivity index (χ1) is 3.27. The Morgan fingerprint density at radius 2 is 2.00 bits per heavy atom. The quantitative estimate of drug-likeness (QED) is 0.511. The molecule has 0 rings (SSSR count). The summed E-state index contributed by atoms with van der Waals surface area (Å²) in [6, 6.07) is 0. The van der Waals surface area contributed by atoms with E-state index in [9.17, 15) is 0 Å². The van der Waals surface area contributed by atoms with Crippen molar-refractivity contribution in [3.63, 3.8) is 0 Å². The molecule has 0 spiro atoms. The summed E-state index contributed by atoms with van der Waals surface area (Å²) in [4.78, 5) is 0. The largest absolute Gasteiger partial charge is 0.145 e. The van der Waals surface area contributed by atoms with E-state index < -0.39 is 0 Å². The lowest BCUT2D eigenvalue weighted by Crippen LogP contribution is -1.90. The molecule has 1 nitrogen and oxygen atoms in total. The van der Waals surface area contributed by atoms with Crippen LogP contribution >= 0.6 is 0 Å². The van der Waals surface area contributed by atoms with E-state index in [-0.39, 0.29) is 0 Å². The van der Waals surface area contributed by atoms with Crippen LogP contribution in [0.3, 0.4) is 0 Å². The van der Waals surface area contributed by atoms with Crippen molar-refractivity contribution in [2.24, 2.45) is 5.92 Å². The molecule has 42 valence electrons. The summed E-state index contributed by atoms with van der Waals surface area (Å²) in [5.41, 5.74) is 8.32. The second-order valence-corrected chi connectivity index (χ2v) is 2.26. The lowest BCUT2D eigenvalue weighted by Gasteiger charge is -1.98. The Morgan fingerprint density at radius 3 is 2.14 bits per heavy atom. The molecule has 0 saturated carbocycles. The first kappa shape index (κ1) is 6.96. The zero-order valence-corrected chi connectivity index (χ0v) is 5.15. The summed E-state index contributed by atoms with van der Waals surface area (Å²) >= 11 is 0. The van der Waals surface area contributed by atoms with Crippen LogP contribution in [0.15, 0.2) is 0 Å². The fraction of sp³-hybridized carbons (Fsp3) is 1.00. The molecule has 0 atom stereocenters. The molecule has 0 heterocycles. The second-order valence-electron chi connectivity index (χ2n) is 2.26. The summed E-state index contributed by atoms with van der Waals surface area (Å²) in [6.45, 7) is 4.67. The Hall–Kier alpha value is -0.0400. The van der Waals surface area contributed by atoms with E-state index in [4.69, 9.17) is 5.73 Å². The molecule has 2 radical (unpaired) electrons. The standard InChI is InChI=1S/C6H13N/c1-6(2)4-3-5-7/h6H,3-5H2,1-2H3. The number of nitrogens with zero attached hydrogens (tertiary/aromatic N) is 1. The predicted octanol–water partition coefficient (Wildman–Crippen LogP) is 1.49. The van der Waals surface area contributed by atoms with Gasteiger partial charge in [0.25, 0.3) is 0 Å². The number of hydrogen-bond donors (Lipinski definition) is 0. The monoisotopic (exact) mass is 99.1 g/mol. The van der Waals surface area contributed by atoms with Crippen LogP contribution in [-0.2, 0) is 0 Å². The van der Waals surface area contributed by atoms with E-state index in [1.807, 2.05) is 0 Å². The Bertz CT molecular complexity index is 33.2. The van der Waals surface area contributed by atoms with Gasteiger partial charge in [-0.25, -0.2) is 0 Å². The zero-order valence-electron chi connectivity index (χ0n) is 5.15. The molecule has 0 aliphatic carbocycles. The van der Waals surface area contributed by atoms with Crippen LogP contribution < -0.4 is 5.73 Å². The van der Waals surface area contributed by atoms with Gasteiger partial charge in [-0.2, -0.15) is 0 Å². The normalized spacial score (nSPS) is 10.3. The van der Waals surface area contributed by atoms with E-state index in [0.29, 0.717) is 6.54 Å². The SMILES string of the molecule is CC(C)CCC[N]. The highest BCUT2D eigenvalue weighted by molar-refractivity contribution is 4.44. The van der Waals surface area contributed by atoms with Gasteiger partial charge in [0.05, 0.1) is 0 Å². The van der Waals surface area contributed by atoms with Crippen molar-refractivity contribution < 1.29 is 0 Å². The van der Waals surface area contributed by atoms with Gasteiger partial charge in [0.15, 0.2) is 0 Å². The molecule has 0 aliphatic heterocycles. The maximum absolute atomic E-state index is 8.32. The third-order valence-electron chi connectivity index (χ3n) is 0.940. The maximum Gasteiger partial charge on any atom is 0.0321 e. The van der Waals surface area contributed by atoms with Crippen molar-refractivity contribution in [1.82, 2.24) is 5.73 Å². The molecule has 0 saturated heterocycles. The fourth-order valence-electron chi connectivity index (χ4n) is 0.500. The second kappa shape index (κ2) is 4.13. The molecule has 0 aliphatic rings. The van der Waals surface area contributed by atoms with E-state index in [1.165, 1.54) is 0 Å². The average Bonchev–Trinajstić information content (AvgIpc) is 1.61. The maximum atomic E-state index is 8.32. The molecule has 0 N–H and O–H groups in total. The topological polar surface area (TPSA) is 22.3 Å². The highest BCUT2D eigenvalue weighted by atomic mass is 14.5. The summed E-state index contributed by atoms with van der Waals surface area (Å²) in [5.74, 6) is 0.743. The molecule has 0 fully saturated rings. The zero-order chi connectivity index (χ0) is 5.70. The van der Waals surface area contributed by atoms with Crippen molar-refractivity contribution in [1.29, 1.82) is 0 Å². The van der Waals surface area contributed by atoms with Gasteiger partial charge in [-0.1, -0.05) is 13.8 Å². The summed E-state index contributed by atoms with van der Waals surface area (Å²) in [5, 5.41) is 0. The van der Waals surface area contributed by atoms with Gasteiger partial charge in [0.2, 0.25) is 0 Å². The van der Waals surface area contributed by atoms with Crippen LogP contribution in [0.25, 0.3) is 0 Å². The third-order valence-corrected chi connectivity index (χ3v) is 0.940. The smallest absolute Gasteiger partial charge is 0.0321 e. The van der Waals surface area contributed by atoms with E-state index >= 15 is 0 Å². The summed E-state index contributed by atoms with van der Waals surface area (Å²) in [6.07, 6.45) is 2.11. The fourth-order valence-corrected chi connectivity index (χ4v) is 0.500. The highest BCUT2D eigenvalue weighted by Gasteiger charge is 1.89. The minimum absolute atomic E-state index is 0.345. The van der Waals surface area contributed by atoms with Crippen LogP contribution in [0.4, 0.5) is 0 Å².